The summed E-state index contributed by atoms with van der Waals surface area (Å²) in [6, 6.07) is 16.1. The molecule has 0 amide bonds. The molecule has 4 aromatic carbocycles. The molecule has 0 aliphatic carbocycles. The zero-order valence-corrected chi connectivity index (χ0v) is 18.0. The lowest BCUT2D eigenvalue weighted by atomic mass is 9.96. The monoisotopic (exact) mass is 461 g/mol. The molecule has 4 rings (SSSR count). The highest BCUT2D eigenvalue weighted by Gasteiger charge is 2.16. The first-order chi connectivity index (χ1) is 16.4. The minimum absolute atomic E-state index is 0.0387. The summed E-state index contributed by atoms with van der Waals surface area (Å²) in [6.45, 7) is 3.62. The molecule has 6 heteroatoms. The van der Waals surface area contributed by atoms with Gasteiger partial charge in [0.15, 0.2) is 0 Å². The van der Waals surface area contributed by atoms with Gasteiger partial charge in [-0.3, -0.25) is 0 Å². The molecule has 0 bridgehead atoms. The Morgan fingerprint density at radius 1 is 0.853 bits per heavy atom. The fourth-order valence-electron chi connectivity index (χ4n) is 3.83. The van der Waals surface area contributed by atoms with Crippen LogP contribution < -0.4 is 4.74 Å². The predicted octanol–water partition coefficient (Wildman–Crippen LogP) is 7.28. The average Bonchev–Trinajstić information content (AvgIpc) is 2.82. The zero-order valence-electron chi connectivity index (χ0n) is 18.0. The molecule has 34 heavy (non-hydrogen) atoms. The molecule has 0 spiro atoms. The van der Waals surface area contributed by atoms with E-state index in [0.717, 1.165) is 12.1 Å². The van der Waals surface area contributed by atoms with Crippen molar-refractivity contribution in [2.75, 3.05) is 6.61 Å². The van der Waals surface area contributed by atoms with Crippen molar-refractivity contribution < 1.29 is 22.3 Å². The molecule has 0 radical (unpaired) electrons. The standard InChI is InChI=1S/C28H19F4NO/c1-2-11-34-22-14-25(30)27(26(31)15-22)20-9-10-23-19(13-20)8-7-18(28(23)32)5-3-17-4-6-21(16-33)24(29)12-17/h2,4,6-10,12-15H,1,3,5,11H2. The number of hydrogen-bond donors (Lipinski definition) is 0. The Balaban J connectivity index is 1.60. The highest BCUT2D eigenvalue weighted by atomic mass is 19.1. The molecule has 0 saturated carbocycles. The molecular weight excluding hydrogens is 442 g/mol. The number of benzene rings is 4. The van der Waals surface area contributed by atoms with Gasteiger partial charge in [-0.2, -0.15) is 5.26 Å². The van der Waals surface area contributed by atoms with Crippen LogP contribution in [0.3, 0.4) is 0 Å². The van der Waals surface area contributed by atoms with Gasteiger partial charge in [-0.1, -0.05) is 43.0 Å². The van der Waals surface area contributed by atoms with Crippen LogP contribution in [0.1, 0.15) is 16.7 Å². The van der Waals surface area contributed by atoms with Gasteiger partial charge in [0, 0.05) is 17.5 Å². The summed E-state index contributed by atoms with van der Waals surface area (Å²) in [5.74, 6) is -2.56. The van der Waals surface area contributed by atoms with Crippen molar-refractivity contribution in [3.8, 4) is 22.9 Å². The highest BCUT2D eigenvalue weighted by molar-refractivity contribution is 5.88. The Bertz CT molecular complexity index is 1420. The van der Waals surface area contributed by atoms with Gasteiger partial charge in [0.25, 0.3) is 0 Å². The molecule has 0 unspecified atom stereocenters. The van der Waals surface area contributed by atoms with E-state index in [0.29, 0.717) is 34.7 Å². The SMILES string of the molecule is C=CCOc1cc(F)c(-c2ccc3c(F)c(CCc4ccc(C#N)c(F)c4)ccc3c2)c(F)c1. The van der Waals surface area contributed by atoms with Crippen molar-refractivity contribution in [3.63, 3.8) is 0 Å². The maximum Gasteiger partial charge on any atom is 0.141 e. The molecule has 0 atom stereocenters. The Morgan fingerprint density at radius 3 is 2.29 bits per heavy atom. The largest absolute Gasteiger partial charge is 0.489 e. The molecule has 0 N–H and O–H groups in total. The van der Waals surface area contributed by atoms with E-state index < -0.39 is 23.3 Å². The second-order valence-corrected chi connectivity index (χ2v) is 7.76. The van der Waals surface area contributed by atoms with Crippen LogP contribution in [-0.4, -0.2) is 6.61 Å². The summed E-state index contributed by atoms with van der Waals surface area (Å²) >= 11 is 0. The first-order valence-electron chi connectivity index (χ1n) is 10.5. The minimum atomic E-state index is -0.787. The van der Waals surface area contributed by atoms with Crippen LogP contribution in [0.2, 0.25) is 0 Å². The summed E-state index contributed by atoms with van der Waals surface area (Å²) in [5, 5.41) is 9.64. The first kappa shape index (κ1) is 23.1. The van der Waals surface area contributed by atoms with Gasteiger partial charge in [0.2, 0.25) is 0 Å². The quantitative estimate of drug-likeness (QED) is 0.214. The third kappa shape index (κ3) is 4.65. The lowest BCUT2D eigenvalue weighted by Gasteiger charge is -2.11. The van der Waals surface area contributed by atoms with Gasteiger partial charge < -0.3 is 4.74 Å². The van der Waals surface area contributed by atoms with Crippen LogP contribution in [0.4, 0.5) is 17.6 Å². The number of fused-ring (bicyclic) bond motifs is 1. The lowest BCUT2D eigenvalue weighted by Crippen LogP contribution is -1.98. The van der Waals surface area contributed by atoms with E-state index in [1.165, 1.54) is 36.4 Å². The van der Waals surface area contributed by atoms with Crippen LogP contribution in [0, 0.1) is 34.6 Å². The van der Waals surface area contributed by atoms with Crippen molar-refractivity contribution in [2.24, 2.45) is 0 Å². The number of ether oxygens (including phenoxy) is 1. The molecule has 0 aliphatic heterocycles. The van der Waals surface area contributed by atoms with Crippen LogP contribution in [-0.2, 0) is 12.8 Å². The van der Waals surface area contributed by atoms with Crippen molar-refractivity contribution in [3.05, 3.63) is 113 Å². The Kier molecular flexibility index (Phi) is 6.65. The minimum Gasteiger partial charge on any atom is -0.489 e. The van der Waals surface area contributed by atoms with E-state index in [1.54, 1.807) is 24.3 Å². The van der Waals surface area contributed by atoms with Crippen LogP contribution in [0.5, 0.6) is 5.75 Å². The fraction of sp³-hybridized carbons (Fsp3) is 0.107. The highest BCUT2D eigenvalue weighted by Crippen LogP contribution is 2.33. The van der Waals surface area contributed by atoms with Crippen molar-refractivity contribution in [1.82, 2.24) is 0 Å². The molecule has 2 nitrogen and oxygen atoms in total. The van der Waals surface area contributed by atoms with Crippen molar-refractivity contribution >= 4 is 10.8 Å². The predicted molar refractivity (Wildman–Crippen MR) is 123 cm³/mol. The van der Waals surface area contributed by atoms with E-state index in [4.69, 9.17) is 10.00 Å². The maximum absolute atomic E-state index is 15.1. The summed E-state index contributed by atoms with van der Waals surface area (Å²) in [7, 11) is 0. The molecule has 0 heterocycles. The molecule has 170 valence electrons. The Labute approximate surface area is 194 Å². The van der Waals surface area contributed by atoms with E-state index in [2.05, 4.69) is 6.58 Å². The fourth-order valence-corrected chi connectivity index (χ4v) is 3.83. The number of nitriles is 1. The molecule has 0 aliphatic rings. The van der Waals surface area contributed by atoms with Gasteiger partial charge in [0.1, 0.15) is 41.7 Å². The summed E-state index contributed by atoms with van der Waals surface area (Å²) in [4.78, 5) is 0. The number of rotatable bonds is 7. The summed E-state index contributed by atoms with van der Waals surface area (Å²) in [5.41, 5.74) is 1.10. The smallest absolute Gasteiger partial charge is 0.141 e. The van der Waals surface area contributed by atoms with Crippen molar-refractivity contribution in [2.45, 2.75) is 12.8 Å². The van der Waals surface area contributed by atoms with Crippen molar-refractivity contribution in [1.29, 1.82) is 5.26 Å². The van der Waals surface area contributed by atoms with E-state index in [1.807, 2.05) is 0 Å². The van der Waals surface area contributed by atoms with E-state index >= 15 is 4.39 Å². The first-order valence-corrected chi connectivity index (χ1v) is 10.5. The number of halogens is 4. The van der Waals surface area contributed by atoms with Crippen LogP contribution >= 0.6 is 0 Å². The topological polar surface area (TPSA) is 33.0 Å². The van der Waals surface area contributed by atoms with Gasteiger partial charge in [-0.25, -0.2) is 17.6 Å². The third-order valence-electron chi connectivity index (χ3n) is 5.54. The van der Waals surface area contributed by atoms with Gasteiger partial charge in [-0.15, -0.1) is 0 Å². The third-order valence-corrected chi connectivity index (χ3v) is 5.54. The zero-order chi connectivity index (χ0) is 24.2. The average molecular weight is 461 g/mol. The number of aryl methyl sites for hydroxylation is 2. The second-order valence-electron chi connectivity index (χ2n) is 7.76. The summed E-state index contributed by atoms with van der Waals surface area (Å²) in [6.07, 6.45) is 2.18. The lowest BCUT2D eigenvalue weighted by molar-refractivity contribution is 0.358. The summed E-state index contributed by atoms with van der Waals surface area (Å²) < 4.78 is 63.4. The number of nitrogens with zero attached hydrogens (tertiary/aromatic N) is 1. The molecule has 0 fully saturated rings. The molecular formula is C28H19F4NO. The van der Waals surface area contributed by atoms with Gasteiger partial charge >= 0.3 is 0 Å². The normalized spacial score (nSPS) is 10.8. The molecule has 0 saturated heterocycles. The Hall–Kier alpha value is -4.11. The van der Waals surface area contributed by atoms with Crippen LogP contribution in [0.15, 0.2) is 73.3 Å². The van der Waals surface area contributed by atoms with E-state index in [9.17, 15) is 13.2 Å². The molecule has 4 aromatic rings. The van der Waals surface area contributed by atoms with Crippen LogP contribution in [0.25, 0.3) is 21.9 Å². The van der Waals surface area contributed by atoms with Gasteiger partial charge in [-0.05, 0) is 53.1 Å². The Morgan fingerprint density at radius 2 is 1.62 bits per heavy atom. The molecule has 0 aromatic heterocycles. The second kappa shape index (κ2) is 9.80. The van der Waals surface area contributed by atoms with E-state index in [-0.39, 0.29) is 29.0 Å². The number of hydrogen-bond acceptors (Lipinski definition) is 2. The van der Waals surface area contributed by atoms with Gasteiger partial charge in [0.05, 0.1) is 11.1 Å². The maximum atomic E-state index is 15.1.